The van der Waals surface area contributed by atoms with Gasteiger partial charge in [-0.2, -0.15) is 0 Å². The number of halogens is 1. The molecule has 0 aliphatic rings. The third-order valence-electron chi connectivity index (χ3n) is 5.68. The van der Waals surface area contributed by atoms with E-state index in [4.69, 9.17) is 11.6 Å². The van der Waals surface area contributed by atoms with Crippen LogP contribution in [0.5, 0.6) is 0 Å². The second kappa shape index (κ2) is 11.6. The lowest BCUT2D eigenvalue weighted by Gasteiger charge is -2.20. The molecular weight excluding hydrogens is 494 g/mol. The van der Waals surface area contributed by atoms with E-state index in [1.54, 1.807) is 24.3 Å². The molecule has 9 heteroatoms. The van der Waals surface area contributed by atoms with Crippen molar-refractivity contribution in [2.24, 2.45) is 13.0 Å². The molecule has 36 heavy (non-hydrogen) atoms. The molecule has 1 aromatic heterocycles. The third kappa shape index (κ3) is 6.25. The van der Waals surface area contributed by atoms with Crippen molar-refractivity contribution in [3.63, 3.8) is 0 Å². The molecule has 186 valence electrons. The molecule has 0 saturated carbocycles. The molecule has 1 atom stereocenters. The van der Waals surface area contributed by atoms with Crippen LogP contribution in [-0.4, -0.2) is 32.3 Å². The van der Waals surface area contributed by atoms with E-state index in [1.165, 1.54) is 11.8 Å². The summed E-state index contributed by atoms with van der Waals surface area (Å²) < 4.78 is 1.83. The molecular formula is C27H28ClN5O2S. The van der Waals surface area contributed by atoms with Crippen LogP contribution < -0.4 is 10.6 Å². The topological polar surface area (TPSA) is 88.9 Å². The van der Waals surface area contributed by atoms with Gasteiger partial charge in [-0.05, 0) is 47.4 Å². The number of carbonyl (C=O) groups is 2. The number of nitrogens with zero attached hydrogens (tertiary/aromatic N) is 3. The first-order chi connectivity index (χ1) is 17.3. The highest BCUT2D eigenvalue weighted by molar-refractivity contribution is 7.99. The van der Waals surface area contributed by atoms with Gasteiger partial charge in [0.05, 0.1) is 22.4 Å². The standard InChI is InChI=1S/C27H28ClN5O2S/c1-17(2)14-23(30-26(35)21-10-6-7-11-22(21)28)25-31-32-27(33(25)3)36-16-24(34)29-20-13-12-18-8-4-5-9-19(18)15-20/h4-13,15,17,23H,14,16H2,1-3H3,(H,29,34)(H,30,35)/t23-/m1/s1. The van der Waals surface area contributed by atoms with Gasteiger partial charge in [0.15, 0.2) is 11.0 Å². The number of benzene rings is 3. The number of anilines is 1. The summed E-state index contributed by atoms with van der Waals surface area (Å²) in [4.78, 5) is 25.5. The molecule has 0 aliphatic carbocycles. The summed E-state index contributed by atoms with van der Waals surface area (Å²) in [5.74, 6) is 0.715. The maximum Gasteiger partial charge on any atom is 0.253 e. The Labute approximate surface area is 219 Å². The maximum absolute atomic E-state index is 12.9. The molecule has 0 bridgehead atoms. The van der Waals surface area contributed by atoms with Crippen LogP contribution in [0, 0.1) is 5.92 Å². The number of fused-ring (bicyclic) bond motifs is 1. The largest absolute Gasteiger partial charge is 0.342 e. The number of hydrogen-bond donors (Lipinski definition) is 2. The first-order valence-electron chi connectivity index (χ1n) is 11.7. The van der Waals surface area contributed by atoms with Gasteiger partial charge in [0, 0.05) is 12.7 Å². The fraction of sp³-hybridized carbons (Fsp3) is 0.259. The summed E-state index contributed by atoms with van der Waals surface area (Å²) in [5.41, 5.74) is 1.16. The van der Waals surface area contributed by atoms with E-state index < -0.39 is 0 Å². The van der Waals surface area contributed by atoms with Crippen LogP contribution in [0.1, 0.15) is 42.5 Å². The van der Waals surface area contributed by atoms with Gasteiger partial charge in [-0.1, -0.05) is 79.7 Å². The number of thioether (sulfide) groups is 1. The van der Waals surface area contributed by atoms with E-state index in [0.717, 1.165) is 16.5 Å². The van der Waals surface area contributed by atoms with E-state index in [0.29, 0.717) is 33.9 Å². The number of nitrogens with one attached hydrogen (secondary N) is 2. The van der Waals surface area contributed by atoms with Crippen LogP contribution in [-0.2, 0) is 11.8 Å². The lowest BCUT2D eigenvalue weighted by molar-refractivity contribution is -0.113. The molecule has 2 N–H and O–H groups in total. The van der Waals surface area contributed by atoms with E-state index in [-0.39, 0.29) is 23.6 Å². The molecule has 7 nitrogen and oxygen atoms in total. The van der Waals surface area contributed by atoms with Gasteiger partial charge >= 0.3 is 0 Å². The molecule has 0 saturated heterocycles. The average molecular weight is 522 g/mol. The Hall–Kier alpha value is -3.36. The Morgan fingerprint density at radius 3 is 2.47 bits per heavy atom. The monoisotopic (exact) mass is 521 g/mol. The van der Waals surface area contributed by atoms with Crippen molar-refractivity contribution in [3.8, 4) is 0 Å². The second-order valence-electron chi connectivity index (χ2n) is 8.93. The van der Waals surface area contributed by atoms with Crippen LogP contribution in [0.15, 0.2) is 71.9 Å². The second-order valence-corrected chi connectivity index (χ2v) is 10.3. The average Bonchev–Trinajstić information content (AvgIpc) is 3.22. The fourth-order valence-corrected chi connectivity index (χ4v) is 4.87. The van der Waals surface area contributed by atoms with Crippen LogP contribution in [0.2, 0.25) is 5.02 Å². The van der Waals surface area contributed by atoms with Gasteiger partial charge < -0.3 is 15.2 Å². The third-order valence-corrected chi connectivity index (χ3v) is 7.03. The zero-order chi connectivity index (χ0) is 25.7. The van der Waals surface area contributed by atoms with Crippen LogP contribution >= 0.6 is 23.4 Å². The summed E-state index contributed by atoms with van der Waals surface area (Å²) in [7, 11) is 1.84. The zero-order valence-corrected chi connectivity index (χ0v) is 21.9. The Bertz CT molecular complexity index is 1390. The predicted octanol–water partition coefficient (Wildman–Crippen LogP) is 5.87. The number of amides is 2. The van der Waals surface area contributed by atoms with Gasteiger partial charge in [0.2, 0.25) is 5.91 Å². The minimum Gasteiger partial charge on any atom is -0.342 e. The molecule has 1 heterocycles. The minimum absolute atomic E-state index is 0.134. The van der Waals surface area contributed by atoms with Crippen molar-refractivity contribution in [2.45, 2.75) is 31.5 Å². The fourth-order valence-electron chi connectivity index (χ4n) is 3.93. The van der Waals surface area contributed by atoms with Crippen molar-refractivity contribution in [1.82, 2.24) is 20.1 Å². The zero-order valence-electron chi connectivity index (χ0n) is 20.4. The lowest BCUT2D eigenvalue weighted by atomic mass is 10.0. The molecule has 0 unspecified atom stereocenters. The summed E-state index contributed by atoms with van der Waals surface area (Å²) in [5, 5.41) is 17.8. The summed E-state index contributed by atoms with van der Waals surface area (Å²) in [6.07, 6.45) is 0.676. The van der Waals surface area contributed by atoms with Crippen LogP contribution in [0.4, 0.5) is 5.69 Å². The smallest absolute Gasteiger partial charge is 0.253 e. The highest BCUT2D eigenvalue weighted by atomic mass is 35.5. The highest BCUT2D eigenvalue weighted by Gasteiger charge is 2.24. The predicted molar refractivity (Wildman–Crippen MR) is 145 cm³/mol. The lowest BCUT2D eigenvalue weighted by Crippen LogP contribution is -2.31. The SMILES string of the molecule is CC(C)C[C@@H](NC(=O)c1ccccc1Cl)c1nnc(SCC(=O)Nc2ccc3ccccc3c2)n1C. The molecule has 0 fully saturated rings. The van der Waals surface area contributed by atoms with Gasteiger partial charge in [0.25, 0.3) is 5.91 Å². The number of aromatic nitrogens is 3. The van der Waals surface area contributed by atoms with Gasteiger partial charge in [-0.3, -0.25) is 9.59 Å². The number of rotatable bonds is 9. The van der Waals surface area contributed by atoms with E-state index in [9.17, 15) is 9.59 Å². The van der Waals surface area contributed by atoms with Crippen molar-refractivity contribution in [3.05, 3.63) is 83.1 Å². The van der Waals surface area contributed by atoms with Gasteiger partial charge in [0.1, 0.15) is 0 Å². The Morgan fingerprint density at radius 1 is 1.00 bits per heavy atom. The summed E-state index contributed by atoms with van der Waals surface area (Å²) >= 11 is 7.51. The van der Waals surface area contributed by atoms with Crippen molar-refractivity contribution in [2.75, 3.05) is 11.1 Å². The van der Waals surface area contributed by atoms with Crippen molar-refractivity contribution < 1.29 is 9.59 Å². The molecule has 0 radical (unpaired) electrons. The molecule has 0 spiro atoms. The highest BCUT2D eigenvalue weighted by Crippen LogP contribution is 2.25. The van der Waals surface area contributed by atoms with Crippen molar-refractivity contribution >= 4 is 51.6 Å². The Balaban J connectivity index is 1.42. The molecule has 4 aromatic rings. The first kappa shape index (κ1) is 25.7. The van der Waals surface area contributed by atoms with Crippen molar-refractivity contribution in [1.29, 1.82) is 0 Å². The molecule has 3 aromatic carbocycles. The van der Waals surface area contributed by atoms with Crippen LogP contribution in [0.3, 0.4) is 0 Å². The molecule has 2 amide bonds. The summed E-state index contributed by atoms with van der Waals surface area (Å²) in [6, 6.07) is 20.4. The van der Waals surface area contributed by atoms with Gasteiger partial charge in [-0.15, -0.1) is 10.2 Å². The minimum atomic E-state index is -0.355. The normalized spacial score (nSPS) is 12.0. The molecule has 0 aliphatic heterocycles. The quantitative estimate of drug-likeness (QED) is 0.269. The Morgan fingerprint density at radius 2 is 1.72 bits per heavy atom. The van der Waals surface area contributed by atoms with E-state index in [1.807, 2.05) is 54.1 Å². The van der Waals surface area contributed by atoms with Gasteiger partial charge in [-0.25, -0.2) is 0 Å². The van der Waals surface area contributed by atoms with E-state index >= 15 is 0 Å². The Kier molecular flexibility index (Phi) is 8.28. The van der Waals surface area contributed by atoms with E-state index in [2.05, 4.69) is 34.7 Å². The summed E-state index contributed by atoms with van der Waals surface area (Å²) in [6.45, 7) is 4.16. The number of carbonyl (C=O) groups excluding carboxylic acids is 2. The first-order valence-corrected chi connectivity index (χ1v) is 13.0. The van der Waals surface area contributed by atoms with Crippen LogP contribution in [0.25, 0.3) is 10.8 Å². The molecule has 4 rings (SSSR count). The number of hydrogen-bond acceptors (Lipinski definition) is 5. The maximum atomic E-state index is 12.9.